The van der Waals surface area contributed by atoms with Gasteiger partial charge >= 0.3 is 0 Å². The van der Waals surface area contributed by atoms with Crippen LogP contribution in [0.15, 0.2) is 18.2 Å². The number of ether oxygens (including phenoxy) is 1. The highest BCUT2D eigenvalue weighted by molar-refractivity contribution is 6.04. The Kier molecular flexibility index (Phi) is 4.70. The molecule has 1 aromatic rings. The van der Waals surface area contributed by atoms with Crippen molar-refractivity contribution in [2.45, 2.75) is 13.0 Å². The number of amides is 2. The molecule has 2 rings (SSSR count). The Morgan fingerprint density at radius 3 is 2.85 bits per heavy atom. The average Bonchev–Trinajstić information content (AvgIpc) is 2.49. The first-order chi connectivity index (χ1) is 9.61. The number of benzene rings is 1. The standard InChI is InChI=1S/C14H19N3O3/c1-9-3-4-11(10(7-9)13(18)15-2)17-14(19)12-8-16-5-6-20-12/h3-4,7,12,16H,5-6,8H2,1-2H3,(H,15,18)(H,17,19). The molecule has 6 nitrogen and oxygen atoms in total. The van der Waals surface area contributed by atoms with E-state index in [1.54, 1.807) is 19.2 Å². The van der Waals surface area contributed by atoms with E-state index < -0.39 is 6.10 Å². The third-order valence-electron chi connectivity index (χ3n) is 3.12. The fraction of sp³-hybridized carbons (Fsp3) is 0.429. The van der Waals surface area contributed by atoms with Crippen LogP contribution in [0.3, 0.4) is 0 Å². The van der Waals surface area contributed by atoms with Gasteiger partial charge in [-0.2, -0.15) is 0 Å². The fourth-order valence-electron chi connectivity index (χ4n) is 2.04. The fourth-order valence-corrected chi connectivity index (χ4v) is 2.04. The molecule has 1 unspecified atom stereocenters. The number of carbonyl (C=O) groups is 2. The predicted octanol–water partition coefficient (Wildman–Crippen LogP) is 0.282. The summed E-state index contributed by atoms with van der Waals surface area (Å²) < 4.78 is 5.39. The lowest BCUT2D eigenvalue weighted by molar-refractivity contribution is -0.128. The maximum Gasteiger partial charge on any atom is 0.254 e. The SMILES string of the molecule is CNC(=O)c1cc(C)ccc1NC(=O)C1CNCCO1. The molecule has 1 saturated heterocycles. The van der Waals surface area contributed by atoms with Crippen molar-refractivity contribution >= 4 is 17.5 Å². The Morgan fingerprint density at radius 1 is 1.40 bits per heavy atom. The largest absolute Gasteiger partial charge is 0.366 e. The maximum atomic E-state index is 12.1. The molecule has 6 heteroatoms. The molecule has 1 heterocycles. The Labute approximate surface area is 117 Å². The third kappa shape index (κ3) is 3.34. The predicted molar refractivity (Wildman–Crippen MR) is 75.8 cm³/mol. The van der Waals surface area contributed by atoms with Crippen LogP contribution in [0.25, 0.3) is 0 Å². The molecule has 20 heavy (non-hydrogen) atoms. The van der Waals surface area contributed by atoms with Gasteiger partial charge in [-0.1, -0.05) is 11.6 Å². The molecule has 3 N–H and O–H groups in total. The molecule has 0 radical (unpaired) electrons. The first-order valence-corrected chi connectivity index (χ1v) is 6.57. The van der Waals surface area contributed by atoms with Gasteiger partial charge in [-0.05, 0) is 19.1 Å². The Morgan fingerprint density at radius 2 is 2.20 bits per heavy atom. The van der Waals surface area contributed by atoms with Crippen LogP contribution < -0.4 is 16.0 Å². The van der Waals surface area contributed by atoms with E-state index in [2.05, 4.69) is 16.0 Å². The molecule has 1 fully saturated rings. The van der Waals surface area contributed by atoms with Gasteiger partial charge in [-0.15, -0.1) is 0 Å². The zero-order valence-electron chi connectivity index (χ0n) is 11.7. The summed E-state index contributed by atoms with van der Waals surface area (Å²) in [7, 11) is 1.56. The van der Waals surface area contributed by atoms with E-state index in [1.165, 1.54) is 0 Å². The highest BCUT2D eigenvalue weighted by atomic mass is 16.5. The minimum absolute atomic E-state index is 0.230. The topological polar surface area (TPSA) is 79.5 Å². The summed E-state index contributed by atoms with van der Waals surface area (Å²) in [6.07, 6.45) is -0.525. The first-order valence-electron chi connectivity index (χ1n) is 6.57. The van der Waals surface area contributed by atoms with Crippen molar-refractivity contribution in [3.63, 3.8) is 0 Å². The lowest BCUT2D eigenvalue weighted by Crippen LogP contribution is -2.45. The zero-order valence-corrected chi connectivity index (χ0v) is 11.7. The molecule has 1 aromatic carbocycles. The van der Waals surface area contributed by atoms with Crippen molar-refractivity contribution in [3.05, 3.63) is 29.3 Å². The second-order valence-electron chi connectivity index (χ2n) is 4.68. The van der Waals surface area contributed by atoms with Crippen LogP contribution in [-0.4, -0.2) is 44.7 Å². The van der Waals surface area contributed by atoms with Gasteiger partial charge in [0.25, 0.3) is 11.8 Å². The van der Waals surface area contributed by atoms with Gasteiger partial charge in [0, 0.05) is 20.1 Å². The highest BCUT2D eigenvalue weighted by Gasteiger charge is 2.23. The molecule has 108 valence electrons. The number of carbonyl (C=O) groups excluding carboxylic acids is 2. The van der Waals surface area contributed by atoms with Crippen molar-refractivity contribution in [3.8, 4) is 0 Å². The molecule has 0 bridgehead atoms. The van der Waals surface area contributed by atoms with E-state index in [9.17, 15) is 9.59 Å². The van der Waals surface area contributed by atoms with Crippen LogP contribution in [0.5, 0.6) is 0 Å². The van der Waals surface area contributed by atoms with Crippen LogP contribution in [0.2, 0.25) is 0 Å². The molecule has 1 atom stereocenters. The molecule has 0 spiro atoms. The van der Waals surface area contributed by atoms with Gasteiger partial charge in [-0.3, -0.25) is 9.59 Å². The Hall–Kier alpha value is -1.92. The van der Waals surface area contributed by atoms with Crippen LogP contribution in [0.4, 0.5) is 5.69 Å². The van der Waals surface area contributed by atoms with Gasteiger partial charge in [0.2, 0.25) is 0 Å². The molecule has 1 aliphatic heterocycles. The van der Waals surface area contributed by atoms with Gasteiger partial charge in [0.05, 0.1) is 17.9 Å². The van der Waals surface area contributed by atoms with E-state index in [0.29, 0.717) is 24.4 Å². The number of rotatable bonds is 3. The summed E-state index contributed by atoms with van der Waals surface area (Å²) in [5.74, 6) is -0.474. The molecule has 0 aromatic heterocycles. The normalized spacial score (nSPS) is 18.4. The lowest BCUT2D eigenvalue weighted by atomic mass is 10.1. The molecule has 2 amide bonds. The molecule has 1 aliphatic rings. The van der Waals surface area contributed by atoms with Gasteiger partial charge in [0.15, 0.2) is 0 Å². The summed E-state index contributed by atoms with van der Waals surface area (Å²) in [5.41, 5.74) is 1.90. The number of hydrogen-bond acceptors (Lipinski definition) is 4. The number of aryl methyl sites for hydroxylation is 1. The van der Waals surface area contributed by atoms with E-state index in [4.69, 9.17) is 4.74 Å². The van der Waals surface area contributed by atoms with Crippen molar-refractivity contribution in [1.29, 1.82) is 0 Å². The summed E-state index contributed by atoms with van der Waals surface area (Å²) in [4.78, 5) is 23.9. The monoisotopic (exact) mass is 277 g/mol. The smallest absolute Gasteiger partial charge is 0.254 e. The minimum Gasteiger partial charge on any atom is -0.366 e. The highest BCUT2D eigenvalue weighted by Crippen LogP contribution is 2.18. The van der Waals surface area contributed by atoms with E-state index >= 15 is 0 Å². The van der Waals surface area contributed by atoms with Gasteiger partial charge < -0.3 is 20.7 Å². The quantitative estimate of drug-likeness (QED) is 0.741. The van der Waals surface area contributed by atoms with Crippen molar-refractivity contribution < 1.29 is 14.3 Å². The maximum absolute atomic E-state index is 12.1. The van der Waals surface area contributed by atoms with E-state index in [-0.39, 0.29) is 11.8 Å². The number of morpholine rings is 1. The van der Waals surface area contributed by atoms with Crippen molar-refractivity contribution in [2.75, 3.05) is 32.1 Å². The lowest BCUT2D eigenvalue weighted by Gasteiger charge is -2.23. The minimum atomic E-state index is -0.525. The molecule has 0 saturated carbocycles. The summed E-state index contributed by atoms with van der Waals surface area (Å²) >= 11 is 0. The number of anilines is 1. The molecular weight excluding hydrogens is 258 g/mol. The Bertz CT molecular complexity index is 510. The average molecular weight is 277 g/mol. The Balaban J connectivity index is 2.15. The summed E-state index contributed by atoms with van der Waals surface area (Å²) in [6, 6.07) is 5.32. The zero-order chi connectivity index (χ0) is 14.5. The summed E-state index contributed by atoms with van der Waals surface area (Å²) in [5, 5.41) is 8.42. The van der Waals surface area contributed by atoms with E-state index in [1.807, 2.05) is 13.0 Å². The van der Waals surface area contributed by atoms with E-state index in [0.717, 1.165) is 12.1 Å². The van der Waals surface area contributed by atoms with Crippen LogP contribution in [0.1, 0.15) is 15.9 Å². The summed E-state index contributed by atoms with van der Waals surface area (Å²) in [6.45, 7) is 3.63. The first kappa shape index (κ1) is 14.5. The molecule has 0 aliphatic carbocycles. The van der Waals surface area contributed by atoms with Crippen LogP contribution in [-0.2, 0) is 9.53 Å². The molecular formula is C14H19N3O3. The van der Waals surface area contributed by atoms with Crippen molar-refractivity contribution in [1.82, 2.24) is 10.6 Å². The van der Waals surface area contributed by atoms with Crippen LogP contribution >= 0.6 is 0 Å². The third-order valence-corrected chi connectivity index (χ3v) is 3.12. The second-order valence-corrected chi connectivity index (χ2v) is 4.68. The van der Waals surface area contributed by atoms with Crippen molar-refractivity contribution in [2.24, 2.45) is 0 Å². The second kappa shape index (κ2) is 6.49. The van der Waals surface area contributed by atoms with Gasteiger partial charge in [-0.25, -0.2) is 0 Å². The number of nitrogens with one attached hydrogen (secondary N) is 3. The van der Waals surface area contributed by atoms with Crippen LogP contribution in [0, 0.1) is 6.92 Å². The number of hydrogen-bond donors (Lipinski definition) is 3. The van der Waals surface area contributed by atoms with Gasteiger partial charge in [0.1, 0.15) is 6.10 Å².